The Morgan fingerprint density at radius 2 is 1.83 bits per heavy atom. The smallest absolute Gasteiger partial charge is 0.0233 e. The summed E-state index contributed by atoms with van der Waals surface area (Å²) >= 11 is 0. The number of aryl methyl sites for hydroxylation is 1. The number of nitrogens with zero attached hydrogens (tertiary/aromatic N) is 1. The first kappa shape index (κ1) is 12.8. The minimum absolute atomic E-state index is 1.00. The Labute approximate surface area is 110 Å². The van der Waals surface area contributed by atoms with Crippen LogP contribution in [0.1, 0.15) is 11.1 Å². The molecule has 0 aromatic heterocycles. The molecule has 0 spiro atoms. The minimum atomic E-state index is 1.00. The Morgan fingerprint density at radius 1 is 1.11 bits per heavy atom. The molecule has 0 atom stereocenters. The van der Waals surface area contributed by atoms with Gasteiger partial charge in [0.2, 0.25) is 0 Å². The third kappa shape index (κ3) is 3.44. The van der Waals surface area contributed by atoms with Crippen molar-refractivity contribution >= 4 is 0 Å². The quantitative estimate of drug-likeness (QED) is 0.777. The van der Waals surface area contributed by atoms with Crippen LogP contribution in [-0.2, 0) is 6.42 Å². The van der Waals surface area contributed by atoms with Crippen LogP contribution in [0, 0.1) is 6.92 Å². The van der Waals surface area contributed by atoms with E-state index in [1.165, 1.54) is 22.3 Å². The van der Waals surface area contributed by atoms with Gasteiger partial charge in [0.05, 0.1) is 0 Å². The maximum atomic E-state index is 2.32. The second kappa shape index (κ2) is 5.83. The Balaban J connectivity index is 2.03. The highest BCUT2D eigenvalue weighted by Crippen LogP contribution is 2.19. The first-order chi connectivity index (χ1) is 8.65. The lowest BCUT2D eigenvalue weighted by Crippen LogP contribution is -2.15. The first-order valence-corrected chi connectivity index (χ1v) is 6.43. The molecule has 0 saturated carbocycles. The molecule has 18 heavy (non-hydrogen) atoms. The molecule has 1 aliphatic carbocycles. The van der Waals surface area contributed by atoms with E-state index in [1.54, 1.807) is 0 Å². The molecule has 0 N–H and O–H groups in total. The molecular formula is C17H21N. The van der Waals surface area contributed by atoms with Crippen LogP contribution in [0.3, 0.4) is 0 Å². The van der Waals surface area contributed by atoms with Crippen molar-refractivity contribution in [2.24, 2.45) is 0 Å². The van der Waals surface area contributed by atoms with Crippen LogP contribution in [0.5, 0.6) is 0 Å². The fourth-order valence-corrected chi connectivity index (χ4v) is 2.11. The van der Waals surface area contributed by atoms with Crippen molar-refractivity contribution in [3.63, 3.8) is 0 Å². The van der Waals surface area contributed by atoms with Gasteiger partial charge in [-0.3, -0.25) is 0 Å². The van der Waals surface area contributed by atoms with Crippen molar-refractivity contribution in [3.8, 4) is 0 Å². The minimum Gasteiger partial charge on any atom is -0.305 e. The average Bonchev–Trinajstić information content (AvgIpc) is 2.75. The summed E-state index contributed by atoms with van der Waals surface area (Å²) < 4.78 is 0. The molecular weight excluding hydrogens is 218 g/mol. The van der Waals surface area contributed by atoms with Gasteiger partial charge in [-0.2, -0.15) is 0 Å². The maximum Gasteiger partial charge on any atom is 0.0233 e. The number of rotatable bonds is 4. The lowest BCUT2D eigenvalue weighted by Gasteiger charge is -2.12. The Morgan fingerprint density at radius 3 is 2.50 bits per heavy atom. The summed E-state index contributed by atoms with van der Waals surface area (Å²) in [4.78, 5) is 2.21. The van der Waals surface area contributed by atoms with Gasteiger partial charge in [0.25, 0.3) is 0 Å². The van der Waals surface area contributed by atoms with Crippen molar-refractivity contribution in [1.29, 1.82) is 0 Å². The van der Waals surface area contributed by atoms with E-state index in [2.05, 4.69) is 74.5 Å². The molecule has 0 fully saturated rings. The summed E-state index contributed by atoms with van der Waals surface area (Å²) in [5, 5.41) is 0. The fraction of sp³-hybridized carbons (Fsp3) is 0.294. The molecule has 0 bridgehead atoms. The molecule has 94 valence electrons. The average molecular weight is 239 g/mol. The lowest BCUT2D eigenvalue weighted by molar-refractivity contribution is 0.448. The summed E-state index contributed by atoms with van der Waals surface area (Å²) in [5.41, 5.74) is 5.47. The number of hydrogen-bond donors (Lipinski definition) is 0. The zero-order chi connectivity index (χ0) is 13.0. The molecule has 0 radical (unpaired) electrons. The highest BCUT2D eigenvalue weighted by atomic mass is 15.0. The van der Waals surface area contributed by atoms with Gasteiger partial charge in [0, 0.05) is 6.54 Å². The van der Waals surface area contributed by atoms with E-state index in [1.807, 2.05) is 0 Å². The van der Waals surface area contributed by atoms with Crippen molar-refractivity contribution < 1.29 is 0 Å². The van der Waals surface area contributed by atoms with Crippen molar-refractivity contribution in [2.75, 3.05) is 20.6 Å². The molecule has 1 aliphatic rings. The van der Waals surface area contributed by atoms with Crippen LogP contribution in [0.15, 0.2) is 59.7 Å². The predicted molar refractivity (Wildman–Crippen MR) is 78.7 cm³/mol. The van der Waals surface area contributed by atoms with Crippen molar-refractivity contribution in [1.82, 2.24) is 4.90 Å². The lowest BCUT2D eigenvalue weighted by atomic mass is 10.0. The van der Waals surface area contributed by atoms with E-state index < -0.39 is 0 Å². The van der Waals surface area contributed by atoms with E-state index >= 15 is 0 Å². The van der Waals surface area contributed by atoms with Crippen LogP contribution in [0.25, 0.3) is 0 Å². The molecule has 1 nitrogen and oxygen atoms in total. The van der Waals surface area contributed by atoms with E-state index in [0.717, 1.165) is 13.0 Å². The van der Waals surface area contributed by atoms with Crippen LogP contribution in [-0.4, -0.2) is 25.5 Å². The molecule has 0 aliphatic heterocycles. The largest absolute Gasteiger partial charge is 0.305 e. The fourth-order valence-electron chi connectivity index (χ4n) is 2.11. The molecule has 2 rings (SSSR count). The molecule has 1 aromatic rings. The monoisotopic (exact) mass is 239 g/mol. The summed E-state index contributed by atoms with van der Waals surface area (Å²) in [5.74, 6) is 0. The van der Waals surface area contributed by atoms with E-state index in [0.29, 0.717) is 0 Å². The van der Waals surface area contributed by atoms with Crippen LogP contribution < -0.4 is 0 Å². The predicted octanol–water partition coefficient (Wildman–Crippen LogP) is 3.52. The maximum absolute atomic E-state index is 2.32. The number of likely N-dealkylation sites (N-methyl/N-ethyl adjacent to an activating group) is 1. The van der Waals surface area contributed by atoms with Gasteiger partial charge in [-0.05, 0) is 44.1 Å². The highest BCUT2D eigenvalue weighted by Gasteiger charge is 2.07. The van der Waals surface area contributed by atoms with Crippen molar-refractivity contribution in [3.05, 3.63) is 70.8 Å². The van der Waals surface area contributed by atoms with Gasteiger partial charge in [0.1, 0.15) is 0 Å². The molecule has 1 aromatic carbocycles. The zero-order valence-electron chi connectivity index (χ0n) is 11.5. The second-order valence-corrected chi connectivity index (χ2v) is 5.14. The van der Waals surface area contributed by atoms with Gasteiger partial charge in [-0.15, -0.1) is 0 Å². The van der Waals surface area contributed by atoms with Gasteiger partial charge < -0.3 is 4.90 Å². The van der Waals surface area contributed by atoms with Gasteiger partial charge in [-0.25, -0.2) is 0 Å². The van der Waals surface area contributed by atoms with Crippen molar-refractivity contribution in [2.45, 2.75) is 13.3 Å². The second-order valence-electron chi connectivity index (χ2n) is 5.14. The highest BCUT2D eigenvalue weighted by molar-refractivity contribution is 5.49. The summed E-state index contributed by atoms with van der Waals surface area (Å²) in [7, 11) is 4.22. The summed E-state index contributed by atoms with van der Waals surface area (Å²) in [6.07, 6.45) is 9.88. The van der Waals surface area contributed by atoms with E-state index in [-0.39, 0.29) is 0 Å². The molecule has 0 saturated heterocycles. The Hall–Kier alpha value is -1.60. The third-order valence-electron chi connectivity index (χ3n) is 3.11. The summed E-state index contributed by atoms with van der Waals surface area (Å²) in [6.45, 7) is 3.13. The van der Waals surface area contributed by atoms with E-state index in [9.17, 15) is 0 Å². The zero-order valence-corrected chi connectivity index (χ0v) is 11.5. The Bertz CT molecular complexity index is 487. The van der Waals surface area contributed by atoms with Gasteiger partial charge >= 0.3 is 0 Å². The number of hydrogen-bond acceptors (Lipinski definition) is 1. The third-order valence-corrected chi connectivity index (χ3v) is 3.11. The van der Waals surface area contributed by atoms with Gasteiger partial charge in [-0.1, -0.05) is 54.1 Å². The molecule has 0 unspecified atom stereocenters. The molecule has 1 heteroatoms. The number of allylic oxidation sites excluding steroid dienone is 4. The first-order valence-electron chi connectivity index (χ1n) is 6.43. The molecule has 0 amide bonds. The SMILES string of the molecule is Cc1ccc(C/C=C2/C=CC=C2CN(C)C)cc1. The van der Waals surface area contributed by atoms with E-state index in [4.69, 9.17) is 0 Å². The van der Waals surface area contributed by atoms with Crippen LogP contribution >= 0.6 is 0 Å². The normalized spacial score (nSPS) is 16.7. The Kier molecular flexibility index (Phi) is 4.16. The number of benzene rings is 1. The topological polar surface area (TPSA) is 3.24 Å². The van der Waals surface area contributed by atoms with Crippen LogP contribution in [0.2, 0.25) is 0 Å². The summed E-state index contributed by atoms with van der Waals surface area (Å²) in [6, 6.07) is 8.77. The van der Waals surface area contributed by atoms with Gasteiger partial charge in [0.15, 0.2) is 0 Å². The standard InChI is InChI=1S/C17H21N/c1-14-7-9-15(10-8-14)11-12-16-5-4-6-17(16)13-18(2)3/h4-10,12H,11,13H2,1-3H3/b16-12-. The van der Waals surface area contributed by atoms with Crippen LogP contribution in [0.4, 0.5) is 0 Å². The molecule has 0 heterocycles.